The normalized spacial score (nSPS) is 15.0. The van der Waals surface area contributed by atoms with Gasteiger partial charge in [-0.05, 0) is 27.7 Å². The molecule has 1 unspecified atom stereocenters. The highest BCUT2D eigenvalue weighted by atomic mass is 28.3. The molecular weight excluding hydrogens is 579 g/mol. The molecule has 0 spiro atoms. The molecule has 5 nitrogen and oxygen atoms in total. The minimum atomic E-state index is -2.79. The summed E-state index contributed by atoms with van der Waals surface area (Å²) in [6.45, 7) is 0. The van der Waals surface area contributed by atoms with Gasteiger partial charge in [0.15, 0.2) is 17.5 Å². The first-order valence-electron chi connectivity index (χ1n) is 15.4. The zero-order valence-electron chi connectivity index (χ0n) is 24.8. The van der Waals surface area contributed by atoms with Crippen LogP contribution in [0, 0.1) is 0 Å². The van der Waals surface area contributed by atoms with Crippen molar-refractivity contribution in [3.63, 3.8) is 0 Å². The fourth-order valence-electron chi connectivity index (χ4n) is 6.87. The first-order valence-corrected chi connectivity index (χ1v) is 17.4. The summed E-state index contributed by atoms with van der Waals surface area (Å²) in [6, 6.07) is 57.4. The van der Waals surface area contributed by atoms with Crippen LogP contribution in [0.3, 0.4) is 0 Å². The molecule has 0 aliphatic carbocycles. The second-order valence-electron chi connectivity index (χ2n) is 11.5. The van der Waals surface area contributed by atoms with Gasteiger partial charge < -0.3 is 4.23 Å². The second-order valence-corrected chi connectivity index (χ2v) is 15.1. The molecule has 216 valence electrons. The molecule has 3 heterocycles. The van der Waals surface area contributed by atoms with Gasteiger partial charge in [0.05, 0.1) is 11.0 Å². The molecule has 6 heteroatoms. The molecule has 1 aliphatic rings. The van der Waals surface area contributed by atoms with E-state index in [9.17, 15) is 0 Å². The van der Waals surface area contributed by atoms with Crippen molar-refractivity contribution in [3.8, 4) is 45.6 Å². The lowest BCUT2D eigenvalue weighted by atomic mass is 10.1. The van der Waals surface area contributed by atoms with Crippen LogP contribution in [-0.2, 0) is 0 Å². The van der Waals surface area contributed by atoms with Crippen molar-refractivity contribution in [2.45, 2.75) is 0 Å². The van der Waals surface area contributed by atoms with E-state index in [1.807, 2.05) is 60.7 Å². The van der Waals surface area contributed by atoms with E-state index in [0.717, 1.165) is 33.5 Å². The third kappa shape index (κ3) is 4.01. The molecule has 46 heavy (non-hydrogen) atoms. The average molecular weight is 606 g/mol. The topological polar surface area (TPSA) is 56.5 Å². The number of hydrogen-bond donors (Lipinski definition) is 0. The number of hydrogen-bond acceptors (Lipinski definition) is 4. The summed E-state index contributed by atoms with van der Waals surface area (Å²) in [6.07, 6.45) is 0. The van der Waals surface area contributed by atoms with Crippen molar-refractivity contribution in [2.24, 2.45) is 0 Å². The summed E-state index contributed by atoms with van der Waals surface area (Å²) in [5, 5.41) is 3.94. The lowest BCUT2D eigenvalue weighted by Crippen LogP contribution is -2.70. The molecule has 1 aliphatic heterocycles. The van der Waals surface area contributed by atoms with E-state index in [2.05, 4.69) is 107 Å². The third-order valence-electron chi connectivity index (χ3n) is 8.91. The summed E-state index contributed by atoms with van der Waals surface area (Å²) in [5.74, 6) is 3.00. The maximum atomic E-state index is 5.19. The van der Waals surface area contributed by atoms with Gasteiger partial charge in [0.2, 0.25) is 0 Å². The predicted molar refractivity (Wildman–Crippen MR) is 188 cm³/mol. The molecule has 0 saturated carbocycles. The highest BCUT2D eigenvalue weighted by Gasteiger charge is 2.50. The summed E-state index contributed by atoms with van der Waals surface area (Å²) in [5.41, 5.74) is 6.24. The maximum absolute atomic E-state index is 5.19. The Balaban J connectivity index is 1.26. The van der Waals surface area contributed by atoms with E-state index in [-0.39, 0.29) is 0 Å². The maximum Gasteiger partial charge on any atom is 0.259 e. The fourth-order valence-corrected chi connectivity index (χ4v) is 11.9. The van der Waals surface area contributed by atoms with Gasteiger partial charge >= 0.3 is 0 Å². The van der Waals surface area contributed by atoms with Crippen LogP contribution in [0.4, 0.5) is 0 Å². The van der Waals surface area contributed by atoms with Gasteiger partial charge in [0.25, 0.3) is 8.24 Å². The summed E-state index contributed by atoms with van der Waals surface area (Å²) in [4.78, 5) is 20.0. The van der Waals surface area contributed by atoms with Crippen LogP contribution in [-0.4, -0.2) is 32.4 Å². The highest BCUT2D eigenvalue weighted by Crippen LogP contribution is 2.35. The van der Waals surface area contributed by atoms with Crippen LogP contribution in [0.2, 0.25) is 0 Å². The van der Waals surface area contributed by atoms with Gasteiger partial charge in [-0.1, -0.05) is 152 Å². The molecule has 8 aromatic rings. The van der Waals surface area contributed by atoms with Crippen molar-refractivity contribution >= 4 is 34.8 Å². The Hall–Kier alpha value is -5.98. The number of nitrogens with zero attached hydrogens (tertiary/aromatic N) is 5. The first kappa shape index (κ1) is 26.4. The lowest BCUT2D eigenvalue weighted by molar-refractivity contribution is 1.07. The fraction of sp³-hybridized carbons (Fsp3) is 0. The van der Waals surface area contributed by atoms with Crippen molar-refractivity contribution in [2.75, 3.05) is 0 Å². The Morgan fingerprint density at radius 2 is 0.870 bits per heavy atom. The Morgan fingerprint density at radius 3 is 1.50 bits per heavy atom. The van der Waals surface area contributed by atoms with Gasteiger partial charge in [-0.2, -0.15) is 0 Å². The Labute approximate surface area is 267 Å². The lowest BCUT2D eigenvalue weighted by Gasteiger charge is -2.32. The number of aromatic nitrogens is 5. The van der Waals surface area contributed by atoms with Crippen molar-refractivity contribution < 1.29 is 0 Å². The largest absolute Gasteiger partial charge is 0.339 e. The first-order chi connectivity index (χ1) is 22.8. The molecular formula is C40H27N5Si. The molecule has 0 bridgehead atoms. The quantitative estimate of drug-likeness (QED) is 0.205. The van der Waals surface area contributed by atoms with E-state index in [1.165, 1.54) is 21.1 Å². The summed E-state index contributed by atoms with van der Waals surface area (Å²) >= 11 is 0. The van der Waals surface area contributed by atoms with Crippen LogP contribution >= 0.6 is 0 Å². The molecule has 2 aromatic heterocycles. The Kier molecular flexibility index (Phi) is 6.08. The van der Waals surface area contributed by atoms with Crippen LogP contribution in [0.1, 0.15) is 0 Å². The molecule has 0 amide bonds. The zero-order valence-corrected chi connectivity index (χ0v) is 25.8. The Bertz CT molecular complexity index is 2300. The van der Waals surface area contributed by atoms with Gasteiger partial charge in [-0.3, -0.25) is 0 Å². The van der Waals surface area contributed by atoms with Crippen molar-refractivity contribution in [1.29, 1.82) is 0 Å². The monoisotopic (exact) mass is 605 g/mol. The van der Waals surface area contributed by atoms with Gasteiger partial charge in [0, 0.05) is 22.3 Å². The van der Waals surface area contributed by atoms with Crippen LogP contribution in [0.15, 0.2) is 164 Å². The molecule has 9 rings (SSSR count). The van der Waals surface area contributed by atoms with Crippen LogP contribution < -0.4 is 15.6 Å². The second kappa shape index (κ2) is 10.6. The van der Waals surface area contributed by atoms with Crippen LogP contribution in [0.5, 0.6) is 0 Å². The molecule has 0 radical (unpaired) electrons. The summed E-state index contributed by atoms with van der Waals surface area (Å²) in [7, 11) is -2.79. The smallest absolute Gasteiger partial charge is 0.259 e. The number of imidazole rings is 1. The standard InChI is InChI=1S/C40H27N5Si/c1-4-14-28(15-5-1)37-42-38(29-16-6-2-7-17-29)44-39(43-37)30-24-26-32(27-25-30)46(31-18-8-3-9-19-31)36-23-13-10-20-33(36)40-41-34-21-11-12-22-35(34)45(40)46/h1-27H. The zero-order chi connectivity index (χ0) is 30.5. The Morgan fingerprint density at radius 1 is 0.391 bits per heavy atom. The van der Waals surface area contributed by atoms with Crippen molar-refractivity contribution in [3.05, 3.63) is 164 Å². The van der Waals surface area contributed by atoms with Crippen molar-refractivity contribution in [1.82, 2.24) is 24.2 Å². The molecule has 1 atom stereocenters. The van der Waals surface area contributed by atoms with E-state index in [1.54, 1.807) is 0 Å². The van der Waals surface area contributed by atoms with E-state index < -0.39 is 8.24 Å². The van der Waals surface area contributed by atoms with Gasteiger partial charge in [-0.25, -0.2) is 19.9 Å². The summed E-state index contributed by atoms with van der Waals surface area (Å²) < 4.78 is 2.56. The number of para-hydroxylation sites is 2. The molecule has 6 aromatic carbocycles. The number of fused-ring (bicyclic) bond motifs is 5. The highest BCUT2D eigenvalue weighted by molar-refractivity contribution is 7.12. The molecule has 0 fully saturated rings. The van der Waals surface area contributed by atoms with Gasteiger partial charge in [-0.15, -0.1) is 0 Å². The minimum Gasteiger partial charge on any atom is -0.339 e. The van der Waals surface area contributed by atoms with E-state index in [0.29, 0.717) is 17.5 Å². The number of rotatable bonds is 5. The molecule has 0 N–H and O–H groups in total. The SMILES string of the molecule is c1ccc(-c2nc(-c3ccccc3)nc(-c3ccc([Si]4(c5ccccc5)c5ccccc5-c5nc6ccccc6n54)cc3)n2)cc1. The predicted octanol–water partition coefficient (Wildman–Crippen LogP) is 6.72. The van der Waals surface area contributed by atoms with E-state index in [4.69, 9.17) is 19.9 Å². The minimum absolute atomic E-state index is 0.648. The average Bonchev–Trinajstić information content (AvgIpc) is 3.66. The van der Waals surface area contributed by atoms with E-state index >= 15 is 0 Å². The number of benzene rings is 6. The van der Waals surface area contributed by atoms with Gasteiger partial charge in [0.1, 0.15) is 5.82 Å². The third-order valence-corrected chi connectivity index (χ3v) is 13.6. The van der Waals surface area contributed by atoms with Crippen LogP contribution in [0.25, 0.3) is 56.6 Å². The molecule has 0 saturated heterocycles.